The van der Waals surface area contributed by atoms with E-state index in [4.69, 9.17) is 9.97 Å². The lowest BCUT2D eigenvalue weighted by molar-refractivity contribution is 0.748. The lowest BCUT2D eigenvalue weighted by Gasteiger charge is -2.08. The van der Waals surface area contributed by atoms with Crippen LogP contribution in [0.3, 0.4) is 0 Å². The van der Waals surface area contributed by atoms with E-state index >= 15 is 0 Å². The molecule has 0 saturated heterocycles. The second-order valence-corrected chi connectivity index (χ2v) is 8.34. The molecule has 142 valence electrons. The number of rotatable bonds is 5. The number of aromatic nitrogens is 5. The number of benzene rings is 2. The van der Waals surface area contributed by atoms with Gasteiger partial charge in [0.15, 0.2) is 11.0 Å². The van der Waals surface area contributed by atoms with Crippen molar-refractivity contribution >= 4 is 34.0 Å². The lowest BCUT2D eigenvalue weighted by atomic mass is 10.1. The van der Waals surface area contributed by atoms with Gasteiger partial charge in [-0.2, -0.15) is 11.3 Å². The van der Waals surface area contributed by atoms with Crippen molar-refractivity contribution in [3.63, 3.8) is 0 Å². The van der Waals surface area contributed by atoms with Gasteiger partial charge >= 0.3 is 0 Å². The lowest BCUT2D eigenvalue weighted by Crippen LogP contribution is -2.01. The molecule has 5 aromatic rings. The van der Waals surface area contributed by atoms with E-state index in [0.717, 1.165) is 44.7 Å². The van der Waals surface area contributed by atoms with Gasteiger partial charge in [-0.15, -0.1) is 10.2 Å². The predicted molar refractivity (Wildman–Crippen MR) is 117 cm³/mol. The second-order valence-electron chi connectivity index (χ2n) is 6.60. The van der Waals surface area contributed by atoms with E-state index < -0.39 is 0 Å². The standard InChI is InChI=1S/C22H17N5S2/c1-27-19(13-15-7-3-2-4-8-15)25-26-22(27)29-21-17-9-5-6-10-18(17)23-20(24-21)16-11-12-28-14-16/h2-12,14H,13H2,1H3. The van der Waals surface area contributed by atoms with Gasteiger partial charge in [0.25, 0.3) is 0 Å². The minimum Gasteiger partial charge on any atom is -0.309 e. The molecule has 0 aliphatic carbocycles. The summed E-state index contributed by atoms with van der Waals surface area (Å²) < 4.78 is 2.04. The number of thiophene rings is 1. The molecule has 5 rings (SSSR count). The maximum absolute atomic E-state index is 4.85. The Morgan fingerprint density at radius 2 is 1.76 bits per heavy atom. The Labute approximate surface area is 176 Å². The molecule has 7 heteroatoms. The molecule has 0 aliphatic heterocycles. The maximum atomic E-state index is 4.85. The summed E-state index contributed by atoms with van der Waals surface area (Å²) in [7, 11) is 2.00. The number of nitrogens with zero attached hydrogens (tertiary/aromatic N) is 5. The third-order valence-corrected chi connectivity index (χ3v) is 6.39. The fourth-order valence-corrected chi connectivity index (χ4v) is 4.64. The van der Waals surface area contributed by atoms with Gasteiger partial charge < -0.3 is 4.57 Å². The molecule has 0 saturated carbocycles. The summed E-state index contributed by atoms with van der Waals surface area (Å²) >= 11 is 3.17. The summed E-state index contributed by atoms with van der Waals surface area (Å²) in [6, 6.07) is 20.4. The first kappa shape index (κ1) is 18.0. The minimum atomic E-state index is 0.735. The highest BCUT2D eigenvalue weighted by atomic mass is 32.2. The van der Waals surface area contributed by atoms with Crippen LogP contribution in [-0.2, 0) is 13.5 Å². The van der Waals surface area contributed by atoms with Crippen LogP contribution in [0, 0.1) is 0 Å². The van der Waals surface area contributed by atoms with Crippen molar-refractivity contribution in [2.75, 3.05) is 0 Å². The van der Waals surface area contributed by atoms with Gasteiger partial charge in [-0.3, -0.25) is 0 Å². The number of hydrogen-bond donors (Lipinski definition) is 0. The maximum Gasteiger partial charge on any atom is 0.197 e. The molecule has 0 radical (unpaired) electrons. The zero-order valence-electron chi connectivity index (χ0n) is 15.7. The van der Waals surface area contributed by atoms with Crippen molar-refractivity contribution in [3.8, 4) is 11.4 Å². The smallest absolute Gasteiger partial charge is 0.197 e. The number of para-hydroxylation sites is 1. The van der Waals surface area contributed by atoms with E-state index in [-0.39, 0.29) is 0 Å². The molecular weight excluding hydrogens is 398 g/mol. The van der Waals surface area contributed by atoms with Crippen molar-refractivity contribution in [3.05, 3.63) is 82.8 Å². The third-order valence-electron chi connectivity index (χ3n) is 4.67. The third kappa shape index (κ3) is 3.66. The zero-order valence-corrected chi connectivity index (χ0v) is 17.3. The average Bonchev–Trinajstić information content (AvgIpc) is 3.41. The highest BCUT2D eigenvalue weighted by Gasteiger charge is 2.15. The predicted octanol–water partition coefficient (Wildman–Crippen LogP) is 5.23. The molecule has 0 atom stereocenters. The summed E-state index contributed by atoms with van der Waals surface area (Å²) in [5.41, 5.74) is 3.18. The number of hydrogen-bond acceptors (Lipinski definition) is 6. The molecular formula is C22H17N5S2. The van der Waals surface area contributed by atoms with Gasteiger partial charge in [-0.05, 0) is 34.8 Å². The van der Waals surface area contributed by atoms with Gasteiger partial charge in [0.2, 0.25) is 0 Å². The first-order chi connectivity index (χ1) is 14.3. The first-order valence-corrected chi connectivity index (χ1v) is 10.9. The van der Waals surface area contributed by atoms with Crippen LogP contribution in [0.25, 0.3) is 22.3 Å². The largest absolute Gasteiger partial charge is 0.309 e. The highest BCUT2D eigenvalue weighted by Crippen LogP contribution is 2.33. The monoisotopic (exact) mass is 415 g/mol. The minimum absolute atomic E-state index is 0.735. The van der Waals surface area contributed by atoms with E-state index in [9.17, 15) is 0 Å². The van der Waals surface area contributed by atoms with Crippen LogP contribution in [0.2, 0.25) is 0 Å². The van der Waals surface area contributed by atoms with E-state index in [2.05, 4.69) is 33.8 Å². The van der Waals surface area contributed by atoms with Crippen LogP contribution in [0.15, 0.2) is 81.6 Å². The van der Waals surface area contributed by atoms with Crippen molar-refractivity contribution in [2.45, 2.75) is 16.6 Å². The first-order valence-electron chi connectivity index (χ1n) is 9.17. The molecule has 0 unspecified atom stereocenters. The summed E-state index contributed by atoms with van der Waals surface area (Å²) in [5, 5.41) is 15.7. The molecule has 0 amide bonds. The molecule has 0 spiro atoms. The molecule has 0 aliphatic rings. The Hall–Kier alpha value is -3.03. The average molecular weight is 416 g/mol. The van der Waals surface area contributed by atoms with Crippen molar-refractivity contribution in [1.82, 2.24) is 24.7 Å². The van der Waals surface area contributed by atoms with Crippen LogP contribution in [0.5, 0.6) is 0 Å². The van der Waals surface area contributed by atoms with Crippen molar-refractivity contribution in [2.24, 2.45) is 7.05 Å². The molecule has 0 bridgehead atoms. The molecule has 0 N–H and O–H groups in total. The van der Waals surface area contributed by atoms with Crippen molar-refractivity contribution < 1.29 is 0 Å². The molecule has 5 nitrogen and oxygen atoms in total. The Morgan fingerprint density at radius 3 is 2.59 bits per heavy atom. The Bertz CT molecular complexity index is 1260. The molecule has 3 aromatic heterocycles. The highest BCUT2D eigenvalue weighted by molar-refractivity contribution is 7.99. The van der Waals surface area contributed by atoms with Gasteiger partial charge in [0.1, 0.15) is 10.9 Å². The van der Waals surface area contributed by atoms with Crippen LogP contribution >= 0.6 is 23.1 Å². The van der Waals surface area contributed by atoms with Gasteiger partial charge in [0, 0.05) is 29.8 Å². The van der Waals surface area contributed by atoms with Crippen LogP contribution < -0.4 is 0 Å². The molecule has 0 fully saturated rings. The van der Waals surface area contributed by atoms with Crippen LogP contribution in [-0.4, -0.2) is 24.7 Å². The van der Waals surface area contributed by atoms with E-state index in [1.807, 2.05) is 59.5 Å². The van der Waals surface area contributed by atoms with E-state index in [1.54, 1.807) is 11.3 Å². The SMILES string of the molecule is Cn1c(Cc2ccccc2)nnc1Sc1nc(-c2ccsc2)nc2ccccc12. The van der Waals surface area contributed by atoms with Gasteiger partial charge in [0.05, 0.1) is 5.52 Å². The van der Waals surface area contributed by atoms with Gasteiger partial charge in [-0.1, -0.05) is 48.5 Å². The molecule has 2 aromatic carbocycles. The summed E-state index contributed by atoms with van der Waals surface area (Å²) in [6.07, 6.45) is 0.746. The molecule has 3 heterocycles. The zero-order chi connectivity index (χ0) is 19.6. The van der Waals surface area contributed by atoms with E-state index in [1.165, 1.54) is 17.3 Å². The summed E-state index contributed by atoms with van der Waals surface area (Å²) in [4.78, 5) is 9.59. The van der Waals surface area contributed by atoms with Crippen LogP contribution in [0.1, 0.15) is 11.4 Å². The Kier molecular flexibility index (Phi) is 4.83. The van der Waals surface area contributed by atoms with E-state index in [0.29, 0.717) is 0 Å². The Morgan fingerprint density at radius 1 is 0.931 bits per heavy atom. The van der Waals surface area contributed by atoms with Crippen LogP contribution in [0.4, 0.5) is 0 Å². The van der Waals surface area contributed by atoms with Gasteiger partial charge in [-0.25, -0.2) is 9.97 Å². The van der Waals surface area contributed by atoms with Crippen molar-refractivity contribution in [1.29, 1.82) is 0 Å². The summed E-state index contributed by atoms with van der Waals surface area (Å²) in [5.74, 6) is 1.66. The quantitative estimate of drug-likeness (QED) is 0.368. The topological polar surface area (TPSA) is 56.5 Å². The second kappa shape index (κ2) is 7.77. The summed E-state index contributed by atoms with van der Waals surface area (Å²) in [6.45, 7) is 0. The normalized spacial score (nSPS) is 11.2. The Balaban J connectivity index is 1.52. The fraction of sp³-hybridized carbons (Fsp3) is 0.0909. The molecule has 29 heavy (non-hydrogen) atoms. The fourth-order valence-electron chi connectivity index (χ4n) is 3.10. The number of fused-ring (bicyclic) bond motifs is 1.